The number of nitrogens with two attached hydrogens (primary N) is 1. The van der Waals surface area contributed by atoms with Gasteiger partial charge in [-0.2, -0.15) is 0 Å². The van der Waals surface area contributed by atoms with Gasteiger partial charge < -0.3 is 15.4 Å². The summed E-state index contributed by atoms with van der Waals surface area (Å²) in [5.74, 6) is 2.35. The lowest BCUT2D eigenvalue weighted by Crippen LogP contribution is -2.40. The van der Waals surface area contributed by atoms with Gasteiger partial charge in [-0.15, -0.1) is 0 Å². The van der Waals surface area contributed by atoms with Gasteiger partial charge in [-0.1, -0.05) is 0 Å². The van der Waals surface area contributed by atoms with E-state index in [1.54, 1.807) is 0 Å². The minimum Gasteiger partial charge on any atom is -0.396 e. The summed E-state index contributed by atoms with van der Waals surface area (Å²) in [5, 5.41) is 0. The van der Waals surface area contributed by atoms with Crippen molar-refractivity contribution in [2.24, 2.45) is 11.8 Å². The Balaban J connectivity index is 1.79. The van der Waals surface area contributed by atoms with E-state index >= 15 is 0 Å². The highest BCUT2D eigenvalue weighted by Gasteiger charge is 2.34. The van der Waals surface area contributed by atoms with E-state index in [-0.39, 0.29) is 0 Å². The lowest BCUT2D eigenvalue weighted by atomic mass is 9.89. The number of nitrogen functional groups attached to an aromatic ring is 1. The average molecular weight is 219 g/mol. The van der Waals surface area contributed by atoms with Crippen LogP contribution in [0.5, 0.6) is 0 Å². The fourth-order valence-electron chi connectivity index (χ4n) is 2.73. The third-order valence-electron chi connectivity index (χ3n) is 3.67. The molecule has 0 aliphatic carbocycles. The molecule has 0 spiro atoms. The molecule has 0 aromatic carbocycles. The maximum atomic E-state index is 5.95. The number of hydrogen-bond acceptors (Lipinski definition) is 4. The van der Waals surface area contributed by atoms with Crippen molar-refractivity contribution in [1.82, 2.24) is 4.98 Å². The molecule has 1 aromatic rings. The molecule has 2 N–H and O–H groups in total. The number of aromatic nitrogens is 1. The summed E-state index contributed by atoms with van der Waals surface area (Å²) in [6, 6.07) is 3.80. The smallest absolute Gasteiger partial charge is 0.151 e. The number of rotatable bonds is 1. The van der Waals surface area contributed by atoms with Crippen molar-refractivity contribution in [3.8, 4) is 0 Å². The van der Waals surface area contributed by atoms with E-state index < -0.39 is 0 Å². The molecular formula is C12H17N3O. The van der Waals surface area contributed by atoms with E-state index in [0.29, 0.717) is 5.92 Å². The number of piperidine rings is 1. The van der Waals surface area contributed by atoms with Crippen molar-refractivity contribution in [1.29, 1.82) is 0 Å². The van der Waals surface area contributed by atoms with Crippen molar-refractivity contribution in [2.75, 3.05) is 36.9 Å². The molecule has 4 heteroatoms. The molecule has 2 fully saturated rings. The van der Waals surface area contributed by atoms with Gasteiger partial charge in [0.15, 0.2) is 5.82 Å². The largest absolute Gasteiger partial charge is 0.396 e. The molecule has 0 amide bonds. The van der Waals surface area contributed by atoms with Gasteiger partial charge in [0.1, 0.15) is 0 Å². The minimum absolute atomic E-state index is 0.662. The predicted octanol–water partition coefficient (Wildman–Crippen LogP) is 1.14. The third kappa shape index (κ3) is 1.63. The Kier molecular flexibility index (Phi) is 2.44. The quantitative estimate of drug-likeness (QED) is 0.769. The van der Waals surface area contributed by atoms with Crippen LogP contribution in [-0.2, 0) is 4.74 Å². The zero-order valence-corrected chi connectivity index (χ0v) is 9.30. The Hall–Kier alpha value is -1.29. The van der Waals surface area contributed by atoms with Crippen molar-refractivity contribution in [2.45, 2.75) is 6.42 Å². The molecule has 0 radical (unpaired) electrons. The maximum absolute atomic E-state index is 5.95. The van der Waals surface area contributed by atoms with Crippen LogP contribution in [0.2, 0.25) is 0 Å². The Morgan fingerprint density at radius 1 is 1.38 bits per heavy atom. The van der Waals surface area contributed by atoms with Crippen molar-refractivity contribution in [3.05, 3.63) is 18.3 Å². The van der Waals surface area contributed by atoms with Gasteiger partial charge in [-0.3, -0.25) is 0 Å². The topological polar surface area (TPSA) is 51.4 Å². The summed E-state index contributed by atoms with van der Waals surface area (Å²) in [6.07, 6.45) is 3.00. The Morgan fingerprint density at radius 2 is 2.25 bits per heavy atom. The first-order valence-electron chi connectivity index (χ1n) is 5.88. The van der Waals surface area contributed by atoms with Gasteiger partial charge in [-0.05, 0) is 24.5 Å². The van der Waals surface area contributed by atoms with E-state index in [2.05, 4.69) is 9.88 Å². The second-order valence-corrected chi connectivity index (χ2v) is 4.71. The Morgan fingerprint density at radius 3 is 3.12 bits per heavy atom. The van der Waals surface area contributed by atoms with Crippen molar-refractivity contribution in [3.63, 3.8) is 0 Å². The number of nitrogens with zero attached hydrogens (tertiary/aromatic N) is 2. The number of ether oxygens (including phenoxy) is 1. The van der Waals surface area contributed by atoms with Crippen LogP contribution in [-0.4, -0.2) is 31.3 Å². The summed E-state index contributed by atoms with van der Waals surface area (Å²) >= 11 is 0. The van der Waals surface area contributed by atoms with E-state index in [1.165, 1.54) is 6.42 Å². The SMILES string of the molecule is Nc1cccnc1N1CC[C@H]2COC[C@@H]2C1. The zero-order valence-electron chi connectivity index (χ0n) is 9.30. The lowest BCUT2D eigenvalue weighted by Gasteiger charge is -2.35. The Labute approximate surface area is 95.4 Å². The number of fused-ring (bicyclic) bond motifs is 1. The number of hydrogen-bond donors (Lipinski definition) is 1. The molecule has 3 rings (SSSR count). The highest BCUT2D eigenvalue weighted by molar-refractivity contribution is 5.62. The first-order chi connectivity index (χ1) is 7.84. The van der Waals surface area contributed by atoms with Gasteiger partial charge in [0.25, 0.3) is 0 Å². The molecule has 2 aliphatic rings. The van der Waals surface area contributed by atoms with Gasteiger partial charge >= 0.3 is 0 Å². The van der Waals surface area contributed by atoms with Crippen LogP contribution < -0.4 is 10.6 Å². The summed E-state index contributed by atoms with van der Waals surface area (Å²) in [4.78, 5) is 6.67. The first-order valence-corrected chi connectivity index (χ1v) is 5.88. The van der Waals surface area contributed by atoms with E-state index in [0.717, 1.165) is 43.7 Å². The molecule has 0 saturated carbocycles. The molecule has 4 nitrogen and oxygen atoms in total. The predicted molar refractivity (Wildman–Crippen MR) is 63.3 cm³/mol. The molecular weight excluding hydrogens is 202 g/mol. The van der Waals surface area contributed by atoms with Crippen LogP contribution in [0.4, 0.5) is 11.5 Å². The van der Waals surface area contributed by atoms with Crippen LogP contribution in [0.15, 0.2) is 18.3 Å². The molecule has 3 heterocycles. The lowest BCUT2D eigenvalue weighted by molar-refractivity contribution is 0.182. The molecule has 16 heavy (non-hydrogen) atoms. The van der Waals surface area contributed by atoms with Crippen LogP contribution in [0.25, 0.3) is 0 Å². The first kappa shape index (κ1) is 9.90. The number of anilines is 2. The fraction of sp³-hybridized carbons (Fsp3) is 0.583. The molecule has 0 unspecified atom stereocenters. The zero-order chi connectivity index (χ0) is 11.0. The van der Waals surface area contributed by atoms with E-state index in [9.17, 15) is 0 Å². The van der Waals surface area contributed by atoms with Crippen molar-refractivity contribution < 1.29 is 4.74 Å². The monoisotopic (exact) mass is 219 g/mol. The third-order valence-corrected chi connectivity index (χ3v) is 3.67. The van der Waals surface area contributed by atoms with Crippen molar-refractivity contribution >= 4 is 11.5 Å². The minimum atomic E-state index is 0.662. The summed E-state index contributed by atoms with van der Waals surface area (Å²) in [5.41, 5.74) is 6.73. The van der Waals surface area contributed by atoms with Gasteiger partial charge in [0, 0.05) is 31.8 Å². The number of pyridine rings is 1. The fourth-order valence-corrected chi connectivity index (χ4v) is 2.73. The van der Waals surface area contributed by atoms with Gasteiger partial charge in [0.05, 0.1) is 12.3 Å². The summed E-state index contributed by atoms with van der Waals surface area (Å²) in [7, 11) is 0. The second kappa shape index (κ2) is 3.94. The van der Waals surface area contributed by atoms with Crippen LogP contribution >= 0.6 is 0 Å². The maximum Gasteiger partial charge on any atom is 0.151 e. The van der Waals surface area contributed by atoms with Crippen LogP contribution in [0.1, 0.15) is 6.42 Å². The van der Waals surface area contributed by atoms with Crippen LogP contribution in [0, 0.1) is 11.8 Å². The standard InChI is InChI=1S/C12H17N3O/c13-11-2-1-4-14-12(11)15-5-3-9-7-16-8-10(9)6-15/h1-2,4,9-10H,3,5-8,13H2/t9-,10-/m0/s1. The van der Waals surface area contributed by atoms with Gasteiger partial charge in [0.2, 0.25) is 0 Å². The molecule has 2 saturated heterocycles. The van der Waals surface area contributed by atoms with E-state index in [1.807, 2.05) is 18.3 Å². The molecule has 1 aromatic heterocycles. The van der Waals surface area contributed by atoms with Gasteiger partial charge in [-0.25, -0.2) is 4.98 Å². The van der Waals surface area contributed by atoms with E-state index in [4.69, 9.17) is 10.5 Å². The highest BCUT2D eigenvalue weighted by Crippen LogP contribution is 2.32. The molecule has 0 bridgehead atoms. The average Bonchev–Trinajstić information content (AvgIpc) is 2.76. The summed E-state index contributed by atoms with van der Waals surface area (Å²) in [6.45, 7) is 3.92. The Bertz CT molecular complexity index is 382. The molecule has 2 aliphatic heterocycles. The molecule has 2 atom stereocenters. The summed E-state index contributed by atoms with van der Waals surface area (Å²) < 4.78 is 5.53. The molecule has 86 valence electrons. The second-order valence-electron chi connectivity index (χ2n) is 4.71. The normalized spacial score (nSPS) is 29.1. The highest BCUT2D eigenvalue weighted by atomic mass is 16.5. The van der Waals surface area contributed by atoms with Crippen LogP contribution in [0.3, 0.4) is 0 Å².